The Morgan fingerprint density at radius 1 is 0.567 bits per heavy atom. The van der Waals surface area contributed by atoms with Crippen LogP contribution in [0.3, 0.4) is 0 Å². The molecule has 0 atom stereocenters. The van der Waals surface area contributed by atoms with E-state index in [0.717, 1.165) is 22.6 Å². The van der Waals surface area contributed by atoms with Gasteiger partial charge in [-0.25, -0.2) is 4.68 Å². The summed E-state index contributed by atoms with van der Waals surface area (Å²) in [5, 5.41) is 11.4. The van der Waals surface area contributed by atoms with Crippen LogP contribution in [0.1, 0.15) is 0 Å². The molecule has 0 spiro atoms. The molecule has 2 aromatic heterocycles. The average Bonchev–Trinajstić information content (AvgIpc) is 3.43. The van der Waals surface area contributed by atoms with Crippen LogP contribution in [0.15, 0.2) is 109 Å². The Kier molecular flexibility index (Phi) is 3.74. The molecule has 4 heteroatoms. The summed E-state index contributed by atoms with van der Waals surface area (Å²) >= 11 is 0. The first kappa shape index (κ1) is 16.7. The van der Waals surface area contributed by atoms with Crippen molar-refractivity contribution in [1.82, 2.24) is 19.6 Å². The van der Waals surface area contributed by atoms with Gasteiger partial charge in [-0.15, -0.1) is 5.10 Å². The van der Waals surface area contributed by atoms with Gasteiger partial charge in [-0.3, -0.25) is 0 Å². The van der Waals surface area contributed by atoms with Crippen LogP contribution in [0.5, 0.6) is 0 Å². The number of benzene rings is 4. The van der Waals surface area contributed by atoms with Crippen LogP contribution in [0.2, 0.25) is 0 Å². The standard InChI is InChI=1S/C26H18N4/c1-2-10-19(11-3-1)29-18-23(27-28-29)22-14-6-9-17-26(22)30-24-15-7-4-12-20(24)21-13-5-8-16-25(21)30/h1-18H. The van der Waals surface area contributed by atoms with E-state index < -0.39 is 0 Å². The first-order valence-electron chi connectivity index (χ1n) is 9.96. The highest BCUT2D eigenvalue weighted by atomic mass is 15.4. The predicted molar refractivity (Wildman–Crippen MR) is 121 cm³/mol. The number of hydrogen-bond donors (Lipinski definition) is 0. The summed E-state index contributed by atoms with van der Waals surface area (Å²) in [5.41, 5.74) is 6.34. The van der Waals surface area contributed by atoms with Crippen LogP contribution < -0.4 is 0 Å². The third-order valence-corrected chi connectivity index (χ3v) is 5.52. The first-order chi connectivity index (χ1) is 14.9. The topological polar surface area (TPSA) is 35.6 Å². The van der Waals surface area contributed by atoms with E-state index in [0.29, 0.717) is 0 Å². The summed E-state index contributed by atoms with van der Waals surface area (Å²) in [7, 11) is 0. The minimum absolute atomic E-state index is 0.844. The third kappa shape index (κ3) is 2.54. The molecule has 0 saturated carbocycles. The van der Waals surface area contributed by atoms with Crippen LogP contribution in [-0.2, 0) is 0 Å². The van der Waals surface area contributed by atoms with Crippen molar-refractivity contribution < 1.29 is 0 Å². The fourth-order valence-electron chi connectivity index (χ4n) is 4.16. The van der Waals surface area contributed by atoms with Gasteiger partial charge in [0, 0.05) is 16.3 Å². The Labute approximate surface area is 173 Å². The van der Waals surface area contributed by atoms with Gasteiger partial charge in [-0.2, -0.15) is 0 Å². The van der Waals surface area contributed by atoms with Crippen LogP contribution in [0.4, 0.5) is 0 Å². The molecule has 0 bridgehead atoms. The van der Waals surface area contributed by atoms with Crippen molar-refractivity contribution in [1.29, 1.82) is 0 Å². The van der Waals surface area contributed by atoms with Crippen molar-refractivity contribution >= 4 is 21.8 Å². The van der Waals surface area contributed by atoms with E-state index in [2.05, 4.69) is 81.6 Å². The molecule has 0 aliphatic rings. The largest absolute Gasteiger partial charge is 0.309 e. The molecule has 0 amide bonds. The normalized spacial score (nSPS) is 11.3. The minimum atomic E-state index is 0.844. The summed E-state index contributed by atoms with van der Waals surface area (Å²) in [6.45, 7) is 0. The lowest BCUT2D eigenvalue weighted by molar-refractivity contribution is 0.804. The fourth-order valence-corrected chi connectivity index (χ4v) is 4.16. The molecule has 6 aromatic rings. The molecule has 0 radical (unpaired) electrons. The van der Waals surface area contributed by atoms with Gasteiger partial charge in [0.2, 0.25) is 0 Å². The lowest BCUT2D eigenvalue weighted by Gasteiger charge is -2.12. The molecule has 4 aromatic carbocycles. The van der Waals surface area contributed by atoms with E-state index in [9.17, 15) is 0 Å². The fraction of sp³-hybridized carbons (Fsp3) is 0. The molecule has 0 unspecified atom stereocenters. The highest BCUT2D eigenvalue weighted by Gasteiger charge is 2.16. The lowest BCUT2D eigenvalue weighted by atomic mass is 10.1. The van der Waals surface area contributed by atoms with E-state index in [-0.39, 0.29) is 0 Å². The van der Waals surface area contributed by atoms with Crippen LogP contribution in [-0.4, -0.2) is 19.6 Å². The summed E-state index contributed by atoms with van der Waals surface area (Å²) in [6, 6.07) is 35.5. The van der Waals surface area contributed by atoms with Crippen molar-refractivity contribution in [2.24, 2.45) is 0 Å². The quantitative estimate of drug-likeness (QED) is 0.372. The van der Waals surface area contributed by atoms with E-state index in [1.165, 1.54) is 21.8 Å². The second-order valence-electron chi connectivity index (χ2n) is 7.27. The zero-order valence-corrected chi connectivity index (χ0v) is 16.2. The van der Waals surface area contributed by atoms with Crippen molar-refractivity contribution in [2.75, 3.05) is 0 Å². The van der Waals surface area contributed by atoms with E-state index in [1.54, 1.807) is 0 Å². The number of para-hydroxylation sites is 4. The Balaban J connectivity index is 1.60. The van der Waals surface area contributed by atoms with Gasteiger partial charge in [0.1, 0.15) is 5.69 Å². The Hall–Kier alpha value is -4.18. The highest BCUT2D eigenvalue weighted by molar-refractivity contribution is 6.09. The highest BCUT2D eigenvalue weighted by Crippen LogP contribution is 2.35. The summed E-state index contributed by atoms with van der Waals surface area (Å²) in [4.78, 5) is 0. The molecule has 142 valence electrons. The molecule has 6 rings (SSSR count). The van der Waals surface area contributed by atoms with Crippen molar-refractivity contribution in [2.45, 2.75) is 0 Å². The predicted octanol–water partition coefficient (Wildman–Crippen LogP) is 6.03. The maximum atomic E-state index is 4.49. The lowest BCUT2D eigenvalue weighted by Crippen LogP contribution is -1.97. The average molecular weight is 386 g/mol. The first-order valence-corrected chi connectivity index (χ1v) is 9.96. The number of hydrogen-bond acceptors (Lipinski definition) is 2. The molecule has 2 heterocycles. The van der Waals surface area contributed by atoms with Gasteiger partial charge in [0.25, 0.3) is 0 Å². The Bertz CT molecular complexity index is 1440. The molecule has 0 aliphatic heterocycles. The molecule has 0 N–H and O–H groups in total. The molecule has 0 aliphatic carbocycles. The number of rotatable bonds is 3. The van der Waals surface area contributed by atoms with Gasteiger partial charge in [0.15, 0.2) is 0 Å². The minimum Gasteiger partial charge on any atom is -0.309 e. The monoisotopic (exact) mass is 386 g/mol. The Morgan fingerprint density at radius 3 is 1.90 bits per heavy atom. The molecular weight excluding hydrogens is 368 g/mol. The molecular formula is C26H18N4. The second-order valence-corrected chi connectivity index (χ2v) is 7.27. The zero-order valence-electron chi connectivity index (χ0n) is 16.2. The van der Waals surface area contributed by atoms with Crippen molar-refractivity contribution in [3.8, 4) is 22.6 Å². The molecule has 30 heavy (non-hydrogen) atoms. The summed E-state index contributed by atoms with van der Waals surface area (Å²) in [6.07, 6.45) is 1.99. The zero-order chi connectivity index (χ0) is 19.9. The third-order valence-electron chi connectivity index (χ3n) is 5.52. The van der Waals surface area contributed by atoms with Crippen LogP contribution >= 0.6 is 0 Å². The number of fused-ring (bicyclic) bond motifs is 3. The van der Waals surface area contributed by atoms with Crippen molar-refractivity contribution in [3.05, 3.63) is 109 Å². The van der Waals surface area contributed by atoms with Gasteiger partial charge < -0.3 is 4.57 Å². The summed E-state index contributed by atoms with van der Waals surface area (Å²) in [5.74, 6) is 0. The van der Waals surface area contributed by atoms with Gasteiger partial charge >= 0.3 is 0 Å². The SMILES string of the molecule is c1ccc(-n2cc(-c3ccccc3-n3c4ccccc4c4ccccc43)nn2)cc1. The van der Waals surface area contributed by atoms with Crippen LogP contribution in [0.25, 0.3) is 44.4 Å². The van der Waals surface area contributed by atoms with Crippen molar-refractivity contribution in [3.63, 3.8) is 0 Å². The van der Waals surface area contributed by atoms with Gasteiger partial charge in [-0.1, -0.05) is 78.0 Å². The smallest absolute Gasteiger partial charge is 0.115 e. The van der Waals surface area contributed by atoms with Gasteiger partial charge in [0.05, 0.1) is 28.6 Å². The number of aromatic nitrogens is 4. The molecule has 0 fully saturated rings. The van der Waals surface area contributed by atoms with E-state index in [1.807, 2.05) is 47.3 Å². The summed E-state index contributed by atoms with van der Waals surface area (Å²) < 4.78 is 4.14. The maximum Gasteiger partial charge on any atom is 0.115 e. The van der Waals surface area contributed by atoms with E-state index in [4.69, 9.17) is 0 Å². The maximum absolute atomic E-state index is 4.49. The van der Waals surface area contributed by atoms with Gasteiger partial charge in [-0.05, 0) is 30.3 Å². The van der Waals surface area contributed by atoms with E-state index >= 15 is 0 Å². The molecule has 0 saturated heterocycles. The number of nitrogens with zero attached hydrogens (tertiary/aromatic N) is 4. The molecule has 4 nitrogen and oxygen atoms in total. The second kappa shape index (κ2) is 6.71. The van der Waals surface area contributed by atoms with Crippen LogP contribution in [0, 0.1) is 0 Å². The Morgan fingerprint density at radius 2 is 1.17 bits per heavy atom.